The van der Waals surface area contributed by atoms with Gasteiger partial charge in [-0.1, -0.05) is 18.2 Å². The molecule has 3 rings (SSSR count). The summed E-state index contributed by atoms with van der Waals surface area (Å²) in [5.41, 5.74) is 5.11. The van der Waals surface area contributed by atoms with E-state index in [1.54, 1.807) is 6.92 Å². The van der Waals surface area contributed by atoms with Crippen molar-refractivity contribution in [1.82, 2.24) is 14.7 Å². The van der Waals surface area contributed by atoms with Crippen molar-refractivity contribution < 1.29 is 14.7 Å². The second kappa shape index (κ2) is 8.58. The number of carbonyl (C=O) groups is 2. The Kier molecular flexibility index (Phi) is 6.29. The summed E-state index contributed by atoms with van der Waals surface area (Å²) < 4.78 is 0.184. The van der Waals surface area contributed by atoms with Crippen molar-refractivity contribution in [3.8, 4) is 11.1 Å². The van der Waals surface area contributed by atoms with Crippen LogP contribution in [-0.2, 0) is 11.3 Å². The van der Waals surface area contributed by atoms with Gasteiger partial charge in [0, 0.05) is 31.1 Å². The highest BCUT2D eigenvalue weighted by Gasteiger charge is 2.47. The number of hydrogen-bond acceptors (Lipinski definition) is 3. The lowest BCUT2D eigenvalue weighted by Gasteiger charge is -2.45. The number of amides is 2. The van der Waals surface area contributed by atoms with Crippen molar-refractivity contribution in [3.05, 3.63) is 53.6 Å². The molecular weight excluding hydrogens is 378 g/mol. The molecule has 1 aliphatic rings. The lowest BCUT2D eigenvalue weighted by Crippen LogP contribution is -2.60. The summed E-state index contributed by atoms with van der Waals surface area (Å²) in [6.07, 6.45) is -0.326. The summed E-state index contributed by atoms with van der Waals surface area (Å²) >= 11 is 0. The van der Waals surface area contributed by atoms with Gasteiger partial charge in [-0.05, 0) is 55.8 Å². The number of nitrogens with zero attached hydrogens (tertiary/aromatic N) is 2. The van der Waals surface area contributed by atoms with Crippen molar-refractivity contribution in [2.45, 2.75) is 45.8 Å². The van der Waals surface area contributed by atoms with E-state index < -0.39 is 6.09 Å². The number of nitrogens with one attached hydrogen (secondary N) is 1. The minimum absolute atomic E-state index is 0.0155. The quantitative estimate of drug-likeness (QED) is 0.718. The zero-order valence-corrected chi connectivity index (χ0v) is 18.5. The highest BCUT2D eigenvalue weighted by molar-refractivity contribution is 5.89. The molecule has 6 heteroatoms. The molecular formula is C24H32N3O3+. The minimum atomic E-state index is -0.930. The van der Waals surface area contributed by atoms with Crippen molar-refractivity contribution in [1.29, 1.82) is 0 Å². The molecule has 160 valence electrons. The van der Waals surface area contributed by atoms with Gasteiger partial charge in [0.15, 0.2) is 0 Å². The molecule has 1 unspecified atom stereocenters. The molecule has 2 aromatic carbocycles. The maximum Gasteiger partial charge on any atom is 0.407 e. The molecule has 2 amide bonds. The van der Waals surface area contributed by atoms with Gasteiger partial charge in [-0.3, -0.25) is 0 Å². The van der Waals surface area contributed by atoms with E-state index in [2.05, 4.69) is 29.6 Å². The first-order chi connectivity index (χ1) is 14.2. The largest absolute Gasteiger partial charge is 0.465 e. The van der Waals surface area contributed by atoms with Crippen molar-refractivity contribution in [2.75, 3.05) is 20.6 Å². The molecule has 0 radical (unpaired) electrons. The minimum Gasteiger partial charge on any atom is -0.465 e. The number of quaternary nitrogens is 1. The van der Waals surface area contributed by atoms with Crippen LogP contribution in [0, 0.1) is 0 Å². The molecule has 30 heavy (non-hydrogen) atoms. The van der Waals surface area contributed by atoms with Gasteiger partial charge in [-0.25, -0.2) is 14.1 Å². The third-order valence-electron chi connectivity index (χ3n) is 6.59. The van der Waals surface area contributed by atoms with E-state index in [9.17, 15) is 14.7 Å². The van der Waals surface area contributed by atoms with Gasteiger partial charge < -0.3 is 15.3 Å². The average molecular weight is 411 g/mol. The van der Waals surface area contributed by atoms with E-state index in [0.717, 1.165) is 28.9 Å². The van der Waals surface area contributed by atoms with E-state index >= 15 is 0 Å². The topological polar surface area (TPSA) is 69.6 Å². The van der Waals surface area contributed by atoms with Gasteiger partial charge in [0.1, 0.15) is 5.69 Å². The summed E-state index contributed by atoms with van der Waals surface area (Å²) in [4.78, 5) is 26.1. The first-order valence-corrected chi connectivity index (χ1v) is 10.5. The standard InChI is InChI=1S/C24H31N3O3/c1-6-26(24(29)30)22-12-16(2)27(5,17(3)28)23-11-10-20(14-21(22)23)19-9-7-8-18(13-19)15-25-4/h7-11,13-14,16,22,25H,6,12,15H2,1-5H3/p+1/t16-,22+,27?/m0/s1. The first-order valence-electron chi connectivity index (χ1n) is 10.5. The van der Waals surface area contributed by atoms with Crippen LogP contribution >= 0.6 is 0 Å². The Hall–Kier alpha value is -2.70. The van der Waals surface area contributed by atoms with Gasteiger partial charge in [0.25, 0.3) is 0 Å². The van der Waals surface area contributed by atoms with Crippen LogP contribution < -0.4 is 9.80 Å². The molecule has 1 heterocycles. The molecule has 0 aliphatic carbocycles. The molecule has 0 spiro atoms. The Balaban J connectivity index is 2.19. The summed E-state index contributed by atoms with van der Waals surface area (Å²) in [6.45, 7) is 6.68. The molecule has 3 atom stereocenters. The molecule has 0 saturated carbocycles. The molecule has 2 aromatic rings. The first kappa shape index (κ1) is 22.0. The van der Waals surface area contributed by atoms with Crippen molar-refractivity contribution >= 4 is 17.7 Å². The molecule has 6 nitrogen and oxygen atoms in total. The zero-order chi connectivity index (χ0) is 22.1. The highest BCUT2D eigenvalue weighted by Crippen LogP contribution is 2.45. The molecule has 0 saturated heterocycles. The van der Waals surface area contributed by atoms with Crippen LogP contribution in [0.25, 0.3) is 11.1 Å². The smallest absolute Gasteiger partial charge is 0.407 e. The Labute approximate surface area is 178 Å². The number of carboxylic acid groups (broad SMARTS) is 1. The van der Waals surface area contributed by atoms with Gasteiger partial charge in [-0.15, -0.1) is 0 Å². The van der Waals surface area contributed by atoms with E-state index in [1.807, 2.05) is 46.1 Å². The lowest BCUT2D eigenvalue weighted by molar-refractivity contribution is -0.129. The SMILES string of the molecule is CCN(C(=O)O)[C@@H]1C[C@H](C)[N+](C)(C(C)=O)c2ccc(-c3cccc(CNC)c3)cc21. The summed E-state index contributed by atoms with van der Waals surface area (Å²) in [5.74, 6) is 0.0596. The van der Waals surface area contributed by atoms with Crippen molar-refractivity contribution in [2.24, 2.45) is 0 Å². The number of benzene rings is 2. The molecule has 0 aromatic heterocycles. The Morgan fingerprint density at radius 3 is 2.50 bits per heavy atom. The van der Waals surface area contributed by atoms with E-state index in [1.165, 1.54) is 10.5 Å². The molecule has 0 bridgehead atoms. The fourth-order valence-electron chi connectivity index (χ4n) is 4.65. The van der Waals surface area contributed by atoms with Crippen LogP contribution in [0.1, 0.15) is 44.4 Å². The van der Waals surface area contributed by atoms with E-state index in [-0.39, 0.29) is 22.5 Å². The van der Waals surface area contributed by atoms with Crippen LogP contribution in [-0.4, -0.2) is 48.7 Å². The third-order valence-corrected chi connectivity index (χ3v) is 6.59. The predicted molar refractivity (Wildman–Crippen MR) is 120 cm³/mol. The fourth-order valence-corrected chi connectivity index (χ4v) is 4.65. The average Bonchev–Trinajstić information content (AvgIpc) is 2.71. The van der Waals surface area contributed by atoms with Crippen LogP contribution in [0.15, 0.2) is 42.5 Å². The third kappa shape index (κ3) is 3.73. The monoisotopic (exact) mass is 410 g/mol. The normalized spacial score (nSPS) is 23.0. The van der Waals surface area contributed by atoms with Gasteiger partial charge in [-0.2, -0.15) is 0 Å². The molecule has 1 aliphatic heterocycles. The molecule has 2 N–H and O–H groups in total. The summed E-state index contributed by atoms with van der Waals surface area (Å²) in [5, 5.41) is 13.0. The fraction of sp³-hybridized carbons (Fsp3) is 0.417. The second-order valence-electron chi connectivity index (χ2n) is 8.27. The Morgan fingerprint density at radius 1 is 1.20 bits per heavy atom. The van der Waals surface area contributed by atoms with Crippen LogP contribution in [0.2, 0.25) is 0 Å². The van der Waals surface area contributed by atoms with Gasteiger partial charge in [0.05, 0.1) is 26.1 Å². The predicted octanol–water partition coefficient (Wildman–Crippen LogP) is 4.39. The lowest BCUT2D eigenvalue weighted by atomic mass is 9.86. The maximum atomic E-state index is 12.7. The highest BCUT2D eigenvalue weighted by atomic mass is 16.4. The number of rotatable bonds is 5. The summed E-state index contributed by atoms with van der Waals surface area (Å²) in [6, 6.07) is 14.2. The van der Waals surface area contributed by atoms with Gasteiger partial charge in [0.2, 0.25) is 0 Å². The number of fused-ring (bicyclic) bond motifs is 1. The van der Waals surface area contributed by atoms with Crippen LogP contribution in [0.5, 0.6) is 0 Å². The zero-order valence-electron chi connectivity index (χ0n) is 18.5. The van der Waals surface area contributed by atoms with Gasteiger partial charge >= 0.3 is 12.0 Å². The Morgan fingerprint density at radius 2 is 1.90 bits per heavy atom. The Bertz CT molecular complexity index is 958. The van der Waals surface area contributed by atoms with Crippen molar-refractivity contribution in [3.63, 3.8) is 0 Å². The second-order valence-corrected chi connectivity index (χ2v) is 8.27. The number of carbonyl (C=O) groups excluding carboxylic acids is 1. The summed E-state index contributed by atoms with van der Waals surface area (Å²) in [7, 11) is 3.86. The maximum absolute atomic E-state index is 12.7. The van der Waals surface area contributed by atoms with E-state index in [0.29, 0.717) is 13.0 Å². The van der Waals surface area contributed by atoms with Crippen LogP contribution in [0.4, 0.5) is 10.5 Å². The van der Waals surface area contributed by atoms with E-state index in [4.69, 9.17) is 0 Å². The molecule has 0 fully saturated rings. The van der Waals surface area contributed by atoms with Crippen LogP contribution in [0.3, 0.4) is 0 Å². The number of hydrogen-bond donors (Lipinski definition) is 2.